The van der Waals surface area contributed by atoms with Gasteiger partial charge < -0.3 is 29.9 Å². The molecule has 0 aromatic heterocycles. The quantitative estimate of drug-likeness (QED) is 0.313. The molecule has 1 atom stereocenters. The van der Waals surface area contributed by atoms with E-state index >= 15 is 4.39 Å². The van der Waals surface area contributed by atoms with Crippen LogP contribution in [0.3, 0.4) is 0 Å². The van der Waals surface area contributed by atoms with E-state index in [1.54, 1.807) is 36.1 Å². The number of amides is 3. The molecule has 2 aromatic rings. The Labute approximate surface area is 248 Å². The predicted molar refractivity (Wildman–Crippen MR) is 159 cm³/mol. The van der Waals surface area contributed by atoms with Gasteiger partial charge in [0.1, 0.15) is 11.9 Å². The van der Waals surface area contributed by atoms with Gasteiger partial charge in [0.25, 0.3) is 5.91 Å². The van der Waals surface area contributed by atoms with Gasteiger partial charge >= 0.3 is 12.1 Å². The number of esters is 1. The van der Waals surface area contributed by atoms with Crippen molar-refractivity contribution in [2.75, 3.05) is 61.0 Å². The summed E-state index contributed by atoms with van der Waals surface area (Å²) < 4.78 is 25.7. The standard InChI is InChI=1S/C29H34FN5O6S/c1-3-25(36)32-20-7-5-19(6-8-20)28(38)40-18-27(37)34-13-11-33(12-14-34)24-10-9-21(15-23(24)30)35-17-22(41-29(35)39)16-31-26(42)4-2/h5-10,15,22H,3-4,11-14,16-18H2,1-2H3,(H,31,42)(H,32,36)/t22-/m0/s1. The van der Waals surface area contributed by atoms with Crippen LogP contribution in [-0.2, 0) is 19.1 Å². The van der Waals surface area contributed by atoms with Gasteiger partial charge in [-0.25, -0.2) is 14.0 Å². The van der Waals surface area contributed by atoms with Crippen molar-refractivity contribution in [3.63, 3.8) is 0 Å². The smallest absolute Gasteiger partial charge is 0.414 e. The lowest BCUT2D eigenvalue weighted by Gasteiger charge is -2.36. The number of carbonyl (C=O) groups excluding carboxylic acids is 4. The van der Waals surface area contributed by atoms with Crippen LogP contribution < -0.4 is 20.4 Å². The number of hydrogen-bond donors (Lipinski definition) is 2. The summed E-state index contributed by atoms with van der Waals surface area (Å²) in [4.78, 5) is 54.3. The van der Waals surface area contributed by atoms with E-state index in [1.807, 2.05) is 11.8 Å². The van der Waals surface area contributed by atoms with E-state index in [1.165, 1.54) is 23.1 Å². The third-order valence-electron chi connectivity index (χ3n) is 6.99. The van der Waals surface area contributed by atoms with Crippen LogP contribution in [0.1, 0.15) is 37.0 Å². The molecular formula is C29H34FN5O6S. The molecule has 2 heterocycles. The minimum Gasteiger partial charge on any atom is -0.452 e. The Kier molecular flexibility index (Phi) is 10.3. The molecule has 2 aliphatic heterocycles. The van der Waals surface area contributed by atoms with Crippen molar-refractivity contribution >= 4 is 58.1 Å². The summed E-state index contributed by atoms with van der Waals surface area (Å²) in [6.07, 6.45) is 0.101. The van der Waals surface area contributed by atoms with Gasteiger partial charge in [0, 0.05) is 38.3 Å². The lowest BCUT2D eigenvalue weighted by Crippen LogP contribution is -2.50. The Hall–Kier alpha value is -4.26. The highest BCUT2D eigenvalue weighted by Crippen LogP contribution is 2.28. The molecule has 0 radical (unpaired) electrons. The number of ether oxygens (including phenoxy) is 2. The summed E-state index contributed by atoms with van der Waals surface area (Å²) in [5.74, 6) is -1.61. The van der Waals surface area contributed by atoms with Gasteiger partial charge in [-0.1, -0.05) is 26.1 Å². The molecule has 2 saturated heterocycles. The number of anilines is 3. The van der Waals surface area contributed by atoms with Crippen LogP contribution in [0.25, 0.3) is 0 Å². The minimum atomic E-state index is -0.647. The van der Waals surface area contributed by atoms with E-state index in [4.69, 9.17) is 21.7 Å². The molecule has 0 saturated carbocycles. The number of nitrogens with zero attached hydrogens (tertiary/aromatic N) is 3. The zero-order valence-corrected chi connectivity index (χ0v) is 24.4. The van der Waals surface area contributed by atoms with Gasteiger partial charge in [0.05, 0.1) is 35.0 Å². The highest BCUT2D eigenvalue weighted by atomic mass is 32.1. The normalized spacial score (nSPS) is 16.6. The third kappa shape index (κ3) is 7.72. The van der Waals surface area contributed by atoms with Crippen molar-refractivity contribution in [3.05, 3.63) is 53.8 Å². The number of thiocarbonyl (C=S) groups is 1. The maximum absolute atomic E-state index is 15.1. The number of rotatable bonds is 10. The van der Waals surface area contributed by atoms with Crippen LogP contribution in [0.2, 0.25) is 0 Å². The third-order valence-corrected chi connectivity index (χ3v) is 7.42. The maximum Gasteiger partial charge on any atom is 0.414 e. The predicted octanol–water partition coefficient (Wildman–Crippen LogP) is 3.33. The number of carbonyl (C=O) groups is 4. The number of benzene rings is 2. The number of cyclic esters (lactones) is 1. The molecule has 224 valence electrons. The highest BCUT2D eigenvalue weighted by molar-refractivity contribution is 7.80. The fourth-order valence-corrected chi connectivity index (χ4v) is 4.63. The topological polar surface area (TPSA) is 121 Å². The van der Waals surface area contributed by atoms with E-state index in [-0.39, 0.29) is 23.9 Å². The summed E-state index contributed by atoms with van der Waals surface area (Å²) >= 11 is 5.14. The van der Waals surface area contributed by atoms with Crippen molar-refractivity contribution in [2.45, 2.75) is 32.8 Å². The fraction of sp³-hybridized carbons (Fsp3) is 0.414. The Balaban J connectivity index is 1.24. The molecule has 0 bridgehead atoms. The minimum absolute atomic E-state index is 0.139. The van der Waals surface area contributed by atoms with Crippen molar-refractivity contribution in [1.29, 1.82) is 0 Å². The molecule has 0 spiro atoms. The first-order chi connectivity index (χ1) is 20.2. The molecule has 4 rings (SSSR count). The molecule has 2 fully saturated rings. The summed E-state index contributed by atoms with van der Waals surface area (Å²) in [5, 5.41) is 5.75. The van der Waals surface area contributed by atoms with Crippen LogP contribution in [0.4, 0.5) is 26.2 Å². The first kappa shape index (κ1) is 30.7. The van der Waals surface area contributed by atoms with Crippen molar-refractivity contribution < 1.29 is 33.0 Å². The summed E-state index contributed by atoms with van der Waals surface area (Å²) in [5.41, 5.74) is 1.59. The van der Waals surface area contributed by atoms with Gasteiger partial charge in [-0.2, -0.15) is 0 Å². The van der Waals surface area contributed by atoms with Gasteiger partial charge in [0.15, 0.2) is 6.61 Å². The molecular weight excluding hydrogens is 565 g/mol. The molecule has 2 N–H and O–H groups in total. The lowest BCUT2D eigenvalue weighted by atomic mass is 10.2. The van der Waals surface area contributed by atoms with E-state index in [9.17, 15) is 19.2 Å². The average Bonchev–Trinajstić information content (AvgIpc) is 3.38. The largest absolute Gasteiger partial charge is 0.452 e. The average molecular weight is 600 g/mol. The van der Waals surface area contributed by atoms with Gasteiger partial charge in [-0.3, -0.25) is 14.5 Å². The molecule has 2 aromatic carbocycles. The van der Waals surface area contributed by atoms with Crippen molar-refractivity contribution in [2.24, 2.45) is 0 Å². The molecule has 11 nitrogen and oxygen atoms in total. The molecule has 42 heavy (non-hydrogen) atoms. The van der Waals surface area contributed by atoms with Crippen LogP contribution in [0.15, 0.2) is 42.5 Å². The lowest BCUT2D eigenvalue weighted by molar-refractivity contribution is -0.134. The Morgan fingerprint density at radius 3 is 2.40 bits per heavy atom. The zero-order chi connectivity index (χ0) is 30.2. The van der Waals surface area contributed by atoms with Crippen LogP contribution >= 0.6 is 12.2 Å². The molecule has 13 heteroatoms. The van der Waals surface area contributed by atoms with Gasteiger partial charge in [0.2, 0.25) is 5.91 Å². The Morgan fingerprint density at radius 2 is 1.76 bits per heavy atom. The maximum atomic E-state index is 15.1. The Bertz CT molecular complexity index is 1330. The van der Waals surface area contributed by atoms with E-state index < -0.39 is 30.6 Å². The molecule has 0 aliphatic carbocycles. The molecule has 3 amide bonds. The number of piperazine rings is 1. The summed E-state index contributed by atoms with van der Waals surface area (Å²) in [6.45, 7) is 5.37. The first-order valence-corrected chi connectivity index (χ1v) is 14.2. The Morgan fingerprint density at radius 1 is 1.05 bits per heavy atom. The van der Waals surface area contributed by atoms with Crippen LogP contribution in [0, 0.1) is 5.82 Å². The summed E-state index contributed by atoms with van der Waals surface area (Å²) in [7, 11) is 0. The van der Waals surface area contributed by atoms with Crippen molar-refractivity contribution in [3.8, 4) is 0 Å². The monoisotopic (exact) mass is 599 g/mol. The highest BCUT2D eigenvalue weighted by Gasteiger charge is 2.33. The SMILES string of the molecule is CCC(=O)Nc1ccc(C(=O)OCC(=O)N2CCN(c3ccc(N4C[C@H](CNC(=S)CC)OC4=O)cc3F)CC2)cc1. The summed E-state index contributed by atoms with van der Waals surface area (Å²) in [6, 6.07) is 10.8. The zero-order valence-electron chi connectivity index (χ0n) is 23.6. The molecule has 2 aliphatic rings. The van der Waals surface area contributed by atoms with Crippen molar-refractivity contribution in [1.82, 2.24) is 10.2 Å². The van der Waals surface area contributed by atoms with E-state index in [0.717, 1.165) is 0 Å². The second-order valence-corrected chi connectivity index (χ2v) is 10.3. The molecule has 0 unspecified atom stereocenters. The second kappa shape index (κ2) is 14.1. The first-order valence-electron chi connectivity index (χ1n) is 13.8. The van der Waals surface area contributed by atoms with E-state index in [0.29, 0.717) is 67.6 Å². The fourth-order valence-electron chi connectivity index (χ4n) is 4.55. The van der Waals surface area contributed by atoms with Gasteiger partial charge in [-0.05, 0) is 48.9 Å². The number of nitrogens with one attached hydrogen (secondary N) is 2. The number of halogens is 1. The van der Waals surface area contributed by atoms with Crippen LogP contribution in [-0.4, -0.2) is 85.7 Å². The number of hydrogen-bond acceptors (Lipinski definition) is 8. The van der Waals surface area contributed by atoms with Gasteiger partial charge in [-0.15, -0.1) is 0 Å². The van der Waals surface area contributed by atoms with E-state index in [2.05, 4.69) is 10.6 Å². The second-order valence-electron chi connectivity index (χ2n) is 9.83. The van der Waals surface area contributed by atoms with Crippen LogP contribution in [0.5, 0.6) is 0 Å².